The van der Waals surface area contributed by atoms with Crippen LogP contribution in [0.4, 0.5) is 13.2 Å². The van der Waals surface area contributed by atoms with Crippen molar-refractivity contribution in [3.8, 4) is 22.8 Å². The standard InChI is InChI=1S/C18H13F3O5S/c1-10-2-5-15-14(8-10)12-6-7-24-16-9-11(3-4-13(16)17(12)25-15)26-27(22,23)18(19,20)21/h2-5,8-9H,6-7H2,1H3. The third-order valence-corrected chi connectivity index (χ3v) is 5.22. The molecule has 0 radical (unpaired) electrons. The van der Waals surface area contributed by atoms with E-state index in [0.29, 0.717) is 23.3 Å². The molecule has 0 bridgehead atoms. The van der Waals surface area contributed by atoms with Crippen LogP contribution in [0.3, 0.4) is 0 Å². The van der Waals surface area contributed by atoms with E-state index in [1.165, 1.54) is 6.07 Å². The minimum Gasteiger partial charge on any atom is -0.492 e. The van der Waals surface area contributed by atoms with Crippen LogP contribution in [0, 0.1) is 6.92 Å². The van der Waals surface area contributed by atoms with Gasteiger partial charge in [0.15, 0.2) is 0 Å². The van der Waals surface area contributed by atoms with E-state index in [2.05, 4.69) is 4.18 Å². The summed E-state index contributed by atoms with van der Waals surface area (Å²) in [6.45, 7) is 2.22. The van der Waals surface area contributed by atoms with E-state index >= 15 is 0 Å². The lowest BCUT2D eigenvalue weighted by Crippen LogP contribution is -2.28. The van der Waals surface area contributed by atoms with Crippen LogP contribution >= 0.6 is 0 Å². The van der Waals surface area contributed by atoms with Gasteiger partial charge in [0.05, 0.1) is 12.2 Å². The Morgan fingerprint density at radius 2 is 1.89 bits per heavy atom. The van der Waals surface area contributed by atoms with Gasteiger partial charge in [-0.1, -0.05) is 11.6 Å². The first kappa shape index (κ1) is 17.7. The summed E-state index contributed by atoms with van der Waals surface area (Å²) in [5, 5.41) is 0.946. The average Bonchev–Trinajstić information content (AvgIpc) is 2.81. The Bertz CT molecular complexity index is 1150. The van der Waals surface area contributed by atoms with Crippen LogP contribution in [-0.2, 0) is 16.5 Å². The van der Waals surface area contributed by atoms with Crippen molar-refractivity contribution in [3.63, 3.8) is 0 Å². The lowest BCUT2D eigenvalue weighted by molar-refractivity contribution is -0.0500. The first-order valence-corrected chi connectivity index (χ1v) is 9.36. The summed E-state index contributed by atoms with van der Waals surface area (Å²) in [4.78, 5) is 0. The van der Waals surface area contributed by atoms with Gasteiger partial charge in [-0.2, -0.15) is 21.6 Å². The van der Waals surface area contributed by atoms with Crippen molar-refractivity contribution in [3.05, 3.63) is 47.5 Å². The van der Waals surface area contributed by atoms with Crippen molar-refractivity contribution in [2.75, 3.05) is 6.61 Å². The normalized spacial score (nSPS) is 14.2. The van der Waals surface area contributed by atoms with Gasteiger partial charge in [0.2, 0.25) is 0 Å². The summed E-state index contributed by atoms with van der Waals surface area (Å²) in [6.07, 6.45) is 0.539. The molecule has 0 spiro atoms. The maximum atomic E-state index is 12.5. The van der Waals surface area contributed by atoms with Gasteiger partial charge in [-0.15, -0.1) is 0 Å². The Morgan fingerprint density at radius 1 is 1.11 bits per heavy atom. The molecular weight excluding hydrogens is 385 g/mol. The number of ether oxygens (including phenoxy) is 1. The van der Waals surface area contributed by atoms with E-state index in [1.54, 1.807) is 0 Å². The molecule has 0 aliphatic carbocycles. The SMILES string of the molecule is Cc1ccc2oc3c(c2c1)CCOc1cc(OS(=O)(=O)C(F)(F)F)ccc1-3. The van der Waals surface area contributed by atoms with Crippen LogP contribution in [0.15, 0.2) is 40.8 Å². The molecule has 0 atom stereocenters. The number of aryl methyl sites for hydroxylation is 1. The summed E-state index contributed by atoms with van der Waals surface area (Å²) >= 11 is 0. The minimum absolute atomic E-state index is 0.194. The highest BCUT2D eigenvalue weighted by Gasteiger charge is 2.48. The number of alkyl halides is 3. The maximum Gasteiger partial charge on any atom is 0.534 e. The zero-order valence-electron chi connectivity index (χ0n) is 14.0. The molecule has 27 heavy (non-hydrogen) atoms. The zero-order chi connectivity index (χ0) is 19.4. The number of rotatable bonds is 2. The van der Waals surface area contributed by atoms with Gasteiger partial charge < -0.3 is 13.3 Å². The monoisotopic (exact) mass is 398 g/mol. The lowest BCUT2D eigenvalue weighted by Gasteiger charge is -2.12. The van der Waals surface area contributed by atoms with Gasteiger partial charge in [0, 0.05) is 23.4 Å². The Labute approximate surface area is 152 Å². The molecule has 0 unspecified atom stereocenters. The number of halogens is 3. The Kier molecular flexibility index (Phi) is 3.88. The van der Waals surface area contributed by atoms with Crippen molar-refractivity contribution in [1.29, 1.82) is 0 Å². The van der Waals surface area contributed by atoms with Crippen molar-refractivity contribution in [2.24, 2.45) is 0 Å². The molecular formula is C18H13F3O5S. The molecule has 142 valence electrons. The third-order valence-electron chi connectivity index (χ3n) is 4.24. The summed E-state index contributed by atoms with van der Waals surface area (Å²) in [7, 11) is -5.75. The molecule has 5 nitrogen and oxygen atoms in total. The zero-order valence-corrected chi connectivity index (χ0v) is 14.8. The Hall–Kier alpha value is -2.68. The molecule has 0 fully saturated rings. The topological polar surface area (TPSA) is 65.7 Å². The van der Waals surface area contributed by atoms with E-state index in [-0.39, 0.29) is 12.4 Å². The van der Waals surface area contributed by atoms with Gasteiger partial charge >= 0.3 is 15.6 Å². The largest absolute Gasteiger partial charge is 0.534 e. The average molecular weight is 398 g/mol. The third kappa shape index (κ3) is 3.01. The van der Waals surface area contributed by atoms with Crippen LogP contribution in [-0.4, -0.2) is 20.5 Å². The highest BCUT2D eigenvalue weighted by molar-refractivity contribution is 7.88. The van der Waals surface area contributed by atoms with Crippen LogP contribution in [0.1, 0.15) is 11.1 Å². The fourth-order valence-corrected chi connectivity index (χ4v) is 3.48. The first-order valence-electron chi connectivity index (χ1n) is 7.96. The number of hydrogen-bond acceptors (Lipinski definition) is 5. The predicted molar refractivity (Wildman–Crippen MR) is 91.2 cm³/mol. The molecule has 2 heterocycles. The molecule has 0 amide bonds. The van der Waals surface area contributed by atoms with E-state index in [1.807, 2.05) is 25.1 Å². The predicted octanol–water partition coefficient (Wildman–Crippen LogP) is 4.57. The Morgan fingerprint density at radius 3 is 2.63 bits per heavy atom. The highest BCUT2D eigenvalue weighted by atomic mass is 32.2. The second kappa shape index (κ2) is 5.91. The molecule has 1 aliphatic rings. The fourth-order valence-electron chi connectivity index (χ4n) is 3.03. The van der Waals surface area contributed by atoms with E-state index in [0.717, 1.165) is 28.6 Å². The highest BCUT2D eigenvalue weighted by Crippen LogP contribution is 2.42. The number of hydrogen-bond donors (Lipinski definition) is 0. The molecule has 9 heteroatoms. The molecule has 1 aliphatic heterocycles. The fraction of sp³-hybridized carbons (Fsp3) is 0.222. The van der Waals surface area contributed by atoms with Gasteiger partial charge in [-0.25, -0.2) is 0 Å². The molecule has 3 aromatic rings. The van der Waals surface area contributed by atoms with Crippen molar-refractivity contribution >= 4 is 21.1 Å². The van der Waals surface area contributed by atoms with Crippen molar-refractivity contribution in [2.45, 2.75) is 18.9 Å². The molecule has 4 rings (SSSR count). The van der Waals surface area contributed by atoms with Gasteiger partial charge in [0.1, 0.15) is 22.8 Å². The molecule has 0 saturated heterocycles. The van der Waals surface area contributed by atoms with Gasteiger partial charge in [-0.3, -0.25) is 0 Å². The number of fused-ring (bicyclic) bond motifs is 5. The van der Waals surface area contributed by atoms with Crippen molar-refractivity contribution < 1.29 is 34.9 Å². The molecule has 0 N–H and O–H groups in total. The number of furan rings is 1. The number of benzene rings is 2. The van der Waals surface area contributed by atoms with E-state index in [4.69, 9.17) is 9.15 Å². The second-order valence-electron chi connectivity index (χ2n) is 6.15. The molecule has 1 aromatic heterocycles. The lowest BCUT2D eigenvalue weighted by atomic mass is 10.0. The maximum absolute atomic E-state index is 12.5. The van der Waals surface area contributed by atoms with Gasteiger partial charge in [0.25, 0.3) is 0 Å². The van der Waals surface area contributed by atoms with Crippen molar-refractivity contribution in [1.82, 2.24) is 0 Å². The van der Waals surface area contributed by atoms with Crippen LogP contribution < -0.4 is 8.92 Å². The van der Waals surface area contributed by atoms with Gasteiger partial charge in [-0.05, 0) is 31.2 Å². The smallest absolute Gasteiger partial charge is 0.492 e. The van der Waals surface area contributed by atoms with Crippen LogP contribution in [0.5, 0.6) is 11.5 Å². The van der Waals surface area contributed by atoms with Crippen LogP contribution in [0.2, 0.25) is 0 Å². The van der Waals surface area contributed by atoms with Crippen LogP contribution in [0.25, 0.3) is 22.3 Å². The van der Waals surface area contributed by atoms with E-state index in [9.17, 15) is 21.6 Å². The summed E-state index contributed by atoms with van der Waals surface area (Å²) in [5.41, 5.74) is -2.29. The summed E-state index contributed by atoms with van der Waals surface area (Å²) in [5.74, 6) is 0.259. The molecule has 0 saturated carbocycles. The summed E-state index contributed by atoms with van der Waals surface area (Å²) in [6, 6.07) is 9.45. The minimum atomic E-state index is -5.75. The first-order chi connectivity index (χ1) is 12.7. The quantitative estimate of drug-likeness (QED) is 0.467. The Balaban J connectivity index is 1.80. The molecule has 2 aromatic carbocycles. The second-order valence-corrected chi connectivity index (χ2v) is 7.69. The summed E-state index contributed by atoms with van der Waals surface area (Å²) < 4.78 is 75.6. The van der Waals surface area contributed by atoms with E-state index < -0.39 is 21.4 Å².